The smallest absolute Gasteiger partial charge is 0.00390 e. The summed E-state index contributed by atoms with van der Waals surface area (Å²) in [6, 6.07) is 0.466. The summed E-state index contributed by atoms with van der Waals surface area (Å²) in [6.45, 7) is 4.85. The van der Waals surface area contributed by atoms with Crippen LogP contribution in [0.1, 0.15) is 39.5 Å². The molecule has 0 aromatic rings. The highest BCUT2D eigenvalue weighted by molar-refractivity contribution is 4.74. The van der Waals surface area contributed by atoms with Crippen LogP contribution in [-0.4, -0.2) is 12.6 Å². The highest BCUT2D eigenvalue weighted by Gasteiger charge is 2.16. The number of hydrogen-bond acceptors (Lipinski definition) is 2. The molecule has 1 fully saturated rings. The SMILES string of the molecule is CC.NCC1CCC(N)CC1. The third-order valence-corrected chi connectivity index (χ3v) is 2.22. The molecule has 0 atom stereocenters. The molecule has 0 heterocycles. The van der Waals surface area contributed by atoms with E-state index in [1.165, 1.54) is 25.7 Å². The van der Waals surface area contributed by atoms with Crippen molar-refractivity contribution in [1.29, 1.82) is 0 Å². The Morgan fingerprint density at radius 3 is 1.91 bits per heavy atom. The first-order chi connectivity index (χ1) is 5.33. The maximum Gasteiger partial charge on any atom is 0.00390 e. The summed E-state index contributed by atoms with van der Waals surface area (Å²) in [7, 11) is 0. The van der Waals surface area contributed by atoms with E-state index < -0.39 is 0 Å². The van der Waals surface area contributed by atoms with E-state index in [4.69, 9.17) is 11.5 Å². The van der Waals surface area contributed by atoms with E-state index in [1.807, 2.05) is 13.8 Å². The van der Waals surface area contributed by atoms with Crippen LogP contribution >= 0.6 is 0 Å². The number of rotatable bonds is 1. The van der Waals surface area contributed by atoms with Crippen molar-refractivity contribution in [3.8, 4) is 0 Å². The lowest BCUT2D eigenvalue weighted by molar-refractivity contribution is 0.333. The molecule has 1 saturated carbocycles. The van der Waals surface area contributed by atoms with Crippen LogP contribution < -0.4 is 11.5 Å². The van der Waals surface area contributed by atoms with E-state index in [-0.39, 0.29) is 0 Å². The lowest BCUT2D eigenvalue weighted by Gasteiger charge is -2.24. The van der Waals surface area contributed by atoms with E-state index in [0.717, 1.165) is 12.5 Å². The average molecular weight is 158 g/mol. The second kappa shape index (κ2) is 6.62. The first kappa shape index (κ1) is 10.9. The fourth-order valence-electron chi connectivity index (χ4n) is 1.42. The molecule has 0 unspecified atom stereocenters. The minimum Gasteiger partial charge on any atom is -0.330 e. The Morgan fingerprint density at radius 1 is 1.09 bits per heavy atom. The van der Waals surface area contributed by atoms with Crippen LogP contribution in [0.4, 0.5) is 0 Å². The second-order valence-corrected chi connectivity index (χ2v) is 3.02. The predicted molar refractivity (Wildman–Crippen MR) is 50.3 cm³/mol. The number of nitrogens with two attached hydrogens (primary N) is 2. The average Bonchev–Trinajstić information content (AvgIpc) is 2.10. The molecule has 68 valence electrons. The van der Waals surface area contributed by atoms with Crippen molar-refractivity contribution in [2.45, 2.75) is 45.6 Å². The third-order valence-electron chi connectivity index (χ3n) is 2.22. The third kappa shape index (κ3) is 4.38. The van der Waals surface area contributed by atoms with Crippen molar-refractivity contribution in [3.63, 3.8) is 0 Å². The molecule has 0 aromatic carbocycles. The van der Waals surface area contributed by atoms with Gasteiger partial charge in [-0.2, -0.15) is 0 Å². The van der Waals surface area contributed by atoms with Crippen LogP contribution in [0.5, 0.6) is 0 Å². The highest BCUT2D eigenvalue weighted by atomic mass is 14.6. The maximum atomic E-state index is 5.71. The zero-order valence-corrected chi connectivity index (χ0v) is 7.84. The van der Waals surface area contributed by atoms with Crippen LogP contribution in [0.2, 0.25) is 0 Å². The van der Waals surface area contributed by atoms with Gasteiger partial charge in [0.2, 0.25) is 0 Å². The molecule has 1 aliphatic carbocycles. The van der Waals surface area contributed by atoms with E-state index in [0.29, 0.717) is 6.04 Å². The van der Waals surface area contributed by atoms with Crippen molar-refractivity contribution in [2.75, 3.05) is 6.54 Å². The van der Waals surface area contributed by atoms with Crippen LogP contribution in [0.15, 0.2) is 0 Å². The van der Waals surface area contributed by atoms with Crippen molar-refractivity contribution in [2.24, 2.45) is 17.4 Å². The van der Waals surface area contributed by atoms with Gasteiger partial charge in [-0.05, 0) is 38.1 Å². The van der Waals surface area contributed by atoms with E-state index in [9.17, 15) is 0 Å². The van der Waals surface area contributed by atoms with Gasteiger partial charge in [0.15, 0.2) is 0 Å². The maximum absolute atomic E-state index is 5.71. The first-order valence-electron chi connectivity index (χ1n) is 4.78. The molecule has 2 heteroatoms. The zero-order valence-electron chi connectivity index (χ0n) is 7.84. The molecule has 0 aromatic heterocycles. The van der Waals surface area contributed by atoms with E-state index in [1.54, 1.807) is 0 Å². The summed E-state index contributed by atoms with van der Waals surface area (Å²) >= 11 is 0. The van der Waals surface area contributed by atoms with Gasteiger partial charge in [-0.1, -0.05) is 13.8 Å². The molecular weight excluding hydrogens is 136 g/mol. The molecule has 11 heavy (non-hydrogen) atoms. The van der Waals surface area contributed by atoms with Crippen molar-refractivity contribution >= 4 is 0 Å². The number of hydrogen-bond donors (Lipinski definition) is 2. The quantitative estimate of drug-likeness (QED) is 0.607. The molecule has 0 bridgehead atoms. The largest absolute Gasteiger partial charge is 0.330 e. The Kier molecular flexibility index (Phi) is 6.57. The topological polar surface area (TPSA) is 52.0 Å². The lowest BCUT2D eigenvalue weighted by atomic mass is 9.87. The fourth-order valence-corrected chi connectivity index (χ4v) is 1.42. The summed E-state index contributed by atoms with van der Waals surface area (Å²) in [5.74, 6) is 0.768. The van der Waals surface area contributed by atoms with Gasteiger partial charge in [-0.25, -0.2) is 0 Å². The Bertz CT molecular complexity index is 75.6. The van der Waals surface area contributed by atoms with Crippen LogP contribution in [0.25, 0.3) is 0 Å². The lowest BCUT2D eigenvalue weighted by Crippen LogP contribution is -2.29. The van der Waals surface area contributed by atoms with Gasteiger partial charge in [0.05, 0.1) is 0 Å². The van der Waals surface area contributed by atoms with E-state index >= 15 is 0 Å². The van der Waals surface area contributed by atoms with Crippen molar-refractivity contribution in [3.05, 3.63) is 0 Å². The van der Waals surface area contributed by atoms with E-state index in [2.05, 4.69) is 0 Å². The standard InChI is InChI=1S/C7H16N2.C2H6/c8-5-6-1-3-7(9)4-2-6;1-2/h6-7H,1-5,8-9H2;1-2H3. The van der Waals surface area contributed by atoms with Gasteiger partial charge >= 0.3 is 0 Å². The van der Waals surface area contributed by atoms with Crippen molar-refractivity contribution in [1.82, 2.24) is 0 Å². The molecule has 4 N–H and O–H groups in total. The van der Waals surface area contributed by atoms with Gasteiger partial charge < -0.3 is 11.5 Å². The van der Waals surface area contributed by atoms with Crippen molar-refractivity contribution < 1.29 is 0 Å². The minimum atomic E-state index is 0.466. The summed E-state index contributed by atoms with van der Waals surface area (Å²) in [6.07, 6.45) is 4.86. The molecule has 0 amide bonds. The van der Waals surface area contributed by atoms with Crippen LogP contribution in [0, 0.1) is 5.92 Å². The molecule has 1 rings (SSSR count). The van der Waals surface area contributed by atoms with Gasteiger partial charge in [0.25, 0.3) is 0 Å². The molecule has 0 saturated heterocycles. The summed E-state index contributed by atoms with van der Waals surface area (Å²) in [5.41, 5.74) is 11.2. The predicted octanol–water partition coefficient (Wildman–Crippen LogP) is 1.49. The summed E-state index contributed by atoms with van der Waals surface area (Å²) in [4.78, 5) is 0. The minimum absolute atomic E-state index is 0.466. The van der Waals surface area contributed by atoms with Gasteiger partial charge in [0, 0.05) is 6.04 Å². The van der Waals surface area contributed by atoms with Gasteiger partial charge in [-0.3, -0.25) is 0 Å². The molecule has 0 aliphatic heterocycles. The Hall–Kier alpha value is -0.0800. The fraction of sp³-hybridized carbons (Fsp3) is 1.00. The first-order valence-corrected chi connectivity index (χ1v) is 4.78. The molecule has 0 spiro atoms. The molecule has 0 radical (unpaired) electrons. The normalized spacial score (nSPS) is 30.5. The summed E-state index contributed by atoms with van der Waals surface area (Å²) < 4.78 is 0. The highest BCUT2D eigenvalue weighted by Crippen LogP contribution is 2.21. The summed E-state index contributed by atoms with van der Waals surface area (Å²) in [5, 5.41) is 0. The monoisotopic (exact) mass is 158 g/mol. The molecular formula is C9H22N2. The Labute approximate surface area is 70.3 Å². The Balaban J connectivity index is 0.000000461. The zero-order chi connectivity index (χ0) is 8.69. The van der Waals surface area contributed by atoms with Gasteiger partial charge in [-0.15, -0.1) is 0 Å². The molecule has 2 nitrogen and oxygen atoms in total. The van der Waals surface area contributed by atoms with Crippen LogP contribution in [-0.2, 0) is 0 Å². The Morgan fingerprint density at radius 2 is 1.55 bits per heavy atom. The van der Waals surface area contributed by atoms with Crippen LogP contribution in [0.3, 0.4) is 0 Å². The second-order valence-electron chi connectivity index (χ2n) is 3.02. The van der Waals surface area contributed by atoms with Gasteiger partial charge in [0.1, 0.15) is 0 Å². The molecule has 1 aliphatic rings.